The summed E-state index contributed by atoms with van der Waals surface area (Å²) in [5.74, 6) is -0.226. The Morgan fingerprint density at radius 1 is 1.09 bits per heavy atom. The summed E-state index contributed by atoms with van der Waals surface area (Å²) in [6, 6.07) is 13.2. The van der Waals surface area contributed by atoms with E-state index in [-0.39, 0.29) is 11.8 Å². The molecule has 2 aromatic rings. The Bertz CT molecular complexity index is 738. The maximum Gasteiger partial charge on any atom is 0.253 e. The standard InChI is InChI=1S/C19H22N2O2/c1-13-8-9-17(14(2)10-13)12-21(4)19(23)16-6-5-7-18(11-16)20-15(3)22/h5-11H,12H2,1-4H3,(H,20,22). The van der Waals surface area contributed by atoms with E-state index in [2.05, 4.69) is 37.4 Å². The van der Waals surface area contributed by atoms with Crippen molar-refractivity contribution in [2.45, 2.75) is 27.3 Å². The van der Waals surface area contributed by atoms with Crippen molar-refractivity contribution in [2.24, 2.45) is 0 Å². The molecule has 0 unspecified atom stereocenters. The van der Waals surface area contributed by atoms with Crippen LogP contribution in [0.1, 0.15) is 34.0 Å². The number of nitrogens with zero attached hydrogens (tertiary/aromatic N) is 1. The molecule has 0 saturated carbocycles. The van der Waals surface area contributed by atoms with Gasteiger partial charge in [0.2, 0.25) is 5.91 Å². The predicted octanol–water partition coefficient (Wildman–Crippen LogP) is 3.53. The van der Waals surface area contributed by atoms with Crippen molar-refractivity contribution in [3.63, 3.8) is 0 Å². The second-order valence-electron chi connectivity index (χ2n) is 5.85. The molecule has 0 aliphatic rings. The van der Waals surface area contributed by atoms with Crippen LogP contribution in [0.2, 0.25) is 0 Å². The van der Waals surface area contributed by atoms with Crippen molar-refractivity contribution < 1.29 is 9.59 Å². The summed E-state index contributed by atoms with van der Waals surface area (Å²) in [6.07, 6.45) is 0. The Morgan fingerprint density at radius 3 is 2.48 bits per heavy atom. The zero-order valence-electron chi connectivity index (χ0n) is 14.0. The van der Waals surface area contributed by atoms with Gasteiger partial charge in [-0.05, 0) is 43.2 Å². The maximum absolute atomic E-state index is 12.6. The Morgan fingerprint density at radius 2 is 1.83 bits per heavy atom. The number of amides is 2. The van der Waals surface area contributed by atoms with Crippen LogP contribution in [-0.2, 0) is 11.3 Å². The first-order valence-corrected chi connectivity index (χ1v) is 7.56. The Hall–Kier alpha value is -2.62. The zero-order valence-corrected chi connectivity index (χ0v) is 14.0. The molecular weight excluding hydrogens is 288 g/mol. The SMILES string of the molecule is CC(=O)Nc1cccc(C(=O)N(C)Cc2ccc(C)cc2C)c1. The summed E-state index contributed by atoms with van der Waals surface area (Å²) in [5.41, 5.74) is 4.70. The van der Waals surface area contributed by atoms with Crippen LogP contribution in [0.15, 0.2) is 42.5 Å². The van der Waals surface area contributed by atoms with E-state index in [1.54, 1.807) is 36.2 Å². The Labute approximate surface area is 137 Å². The average molecular weight is 310 g/mol. The van der Waals surface area contributed by atoms with Crippen LogP contribution in [0.5, 0.6) is 0 Å². The summed E-state index contributed by atoms with van der Waals surface area (Å²) in [5, 5.41) is 2.69. The molecule has 0 bridgehead atoms. The fourth-order valence-corrected chi connectivity index (χ4v) is 2.50. The molecule has 2 rings (SSSR count). The summed E-state index contributed by atoms with van der Waals surface area (Å²) < 4.78 is 0. The highest BCUT2D eigenvalue weighted by atomic mass is 16.2. The highest BCUT2D eigenvalue weighted by Crippen LogP contribution is 2.16. The zero-order chi connectivity index (χ0) is 17.0. The molecule has 0 fully saturated rings. The number of nitrogens with one attached hydrogen (secondary N) is 1. The molecule has 4 heteroatoms. The average Bonchev–Trinajstić information content (AvgIpc) is 2.49. The predicted molar refractivity (Wildman–Crippen MR) is 92.5 cm³/mol. The van der Waals surface area contributed by atoms with Crippen molar-refractivity contribution in [3.05, 3.63) is 64.7 Å². The van der Waals surface area contributed by atoms with Gasteiger partial charge in [0.15, 0.2) is 0 Å². The van der Waals surface area contributed by atoms with Gasteiger partial charge in [0.05, 0.1) is 0 Å². The fraction of sp³-hybridized carbons (Fsp3) is 0.263. The number of benzene rings is 2. The van der Waals surface area contributed by atoms with Crippen LogP contribution in [0.25, 0.3) is 0 Å². The van der Waals surface area contributed by atoms with Gasteiger partial charge in [-0.1, -0.05) is 29.8 Å². The first-order valence-electron chi connectivity index (χ1n) is 7.56. The van der Waals surface area contributed by atoms with Crippen molar-refractivity contribution in [1.82, 2.24) is 4.90 Å². The van der Waals surface area contributed by atoms with Gasteiger partial charge in [0, 0.05) is 31.8 Å². The lowest BCUT2D eigenvalue weighted by Crippen LogP contribution is -2.26. The van der Waals surface area contributed by atoms with Gasteiger partial charge in [-0.3, -0.25) is 9.59 Å². The Kier molecular flexibility index (Phi) is 5.16. The van der Waals surface area contributed by atoms with Gasteiger partial charge in [-0.2, -0.15) is 0 Å². The van der Waals surface area contributed by atoms with Gasteiger partial charge < -0.3 is 10.2 Å². The first kappa shape index (κ1) is 16.7. The molecular formula is C19H22N2O2. The minimum absolute atomic E-state index is 0.0721. The molecule has 2 aromatic carbocycles. The van der Waals surface area contributed by atoms with Crippen LogP contribution in [0, 0.1) is 13.8 Å². The molecule has 0 spiro atoms. The number of anilines is 1. The fourth-order valence-electron chi connectivity index (χ4n) is 2.50. The number of hydrogen-bond donors (Lipinski definition) is 1. The lowest BCUT2D eigenvalue weighted by molar-refractivity contribution is -0.114. The van der Waals surface area contributed by atoms with Crippen LogP contribution in [0.4, 0.5) is 5.69 Å². The summed E-state index contributed by atoms with van der Waals surface area (Å²) >= 11 is 0. The van der Waals surface area contributed by atoms with E-state index in [4.69, 9.17) is 0 Å². The number of carbonyl (C=O) groups is 2. The van der Waals surface area contributed by atoms with E-state index < -0.39 is 0 Å². The smallest absolute Gasteiger partial charge is 0.253 e. The molecule has 0 atom stereocenters. The minimum atomic E-state index is -0.154. The van der Waals surface area contributed by atoms with E-state index in [1.165, 1.54) is 18.1 Å². The molecule has 2 amide bonds. The molecule has 0 aliphatic carbocycles. The number of carbonyl (C=O) groups excluding carboxylic acids is 2. The summed E-state index contributed by atoms with van der Waals surface area (Å²) in [7, 11) is 1.78. The van der Waals surface area contributed by atoms with Crippen molar-refractivity contribution in [3.8, 4) is 0 Å². The van der Waals surface area contributed by atoms with Crippen LogP contribution >= 0.6 is 0 Å². The van der Waals surface area contributed by atoms with Gasteiger partial charge in [-0.15, -0.1) is 0 Å². The topological polar surface area (TPSA) is 49.4 Å². The normalized spacial score (nSPS) is 10.3. The van der Waals surface area contributed by atoms with Crippen molar-refractivity contribution in [2.75, 3.05) is 12.4 Å². The molecule has 1 N–H and O–H groups in total. The van der Waals surface area contributed by atoms with Gasteiger partial charge in [0.25, 0.3) is 5.91 Å². The lowest BCUT2D eigenvalue weighted by atomic mass is 10.1. The largest absolute Gasteiger partial charge is 0.337 e. The van der Waals surface area contributed by atoms with Crippen LogP contribution in [-0.4, -0.2) is 23.8 Å². The number of aryl methyl sites for hydroxylation is 2. The van der Waals surface area contributed by atoms with Crippen LogP contribution < -0.4 is 5.32 Å². The van der Waals surface area contributed by atoms with Gasteiger partial charge in [0.1, 0.15) is 0 Å². The van der Waals surface area contributed by atoms with Crippen molar-refractivity contribution >= 4 is 17.5 Å². The Balaban J connectivity index is 2.14. The molecule has 23 heavy (non-hydrogen) atoms. The van der Waals surface area contributed by atoms with Gasteiger partial charge in [-0.25, -0.2) is 0 Å². The molecule has 0 saturated heterocycles. The maximum atomic E-state index is 12.6. The van der Waals surface area contributed by atoms with E-state index in [0.29, 0.717) is 17.8 Å². The highest BCUT2D eigenvalue weighted by molar-refractivity contribution is 5.96. The van der Waals surface area contributed by atoms with E-state index >= 15 is 0 Å². The highest BCUT2D eigenvalue weighted by Gasteiger charge is 2.13. The quantitative estimate of drug-likeness (QED) is 0.939. The molecule has 4 nitrogen and oxygen atoms in total. The third-order valence-electron chi connectivity index (χ3n) is 3.68. The van der Waals surface area contributed by atoms with E-state index in [9.17, 15) is 9.59 Å². The van der Waals surface area contributed by atoms with Gasteiger partial charge >= 0.3 is 0 Å². The summed E-state index contributed by atoms with van der Waals surface area (Å²) in [6.45, 7) is 6.10. The lowest BCUT2D eigenvalue weighted by Gasteiger charge is -2.19. The van der Waals surface area contributed by atoms with E-state index in [0.717, 1.165) is 5.56 Å². The van der Waals surface area contributed by atoms with Crippen LogP contribution in [0.3, 0.4) is 0 Å². The molecule has 120 valence electrons. The minimum Gasteiger partial charge on any atom is -0.337 e. The number of rotatable bonds is 4. The molecule has 0 heterocycles. The monoisotopic (exact) mass is 310 g/mol. The number of hydrogen-bond acceptors (Lipinski definition) is 2. The molecule has 0 aliphatic heterocycles. The summed E-state index contributed by atoms with van der Waals surface area (Å²) in [4.78, 5) is 25.4. The molecule has 0 aromatic heterocycles. The second-order valence-corrected chi connectivity index (χ2v) is 5.85. The third kappa shape index (κ3) is 4.42. The third-order valence-corrected chi connectivity index (χ3v) is 3.68. The van der Waals surface area contributed by atoms with E-state index in [1.807, 2.05) is 0 Å². The molecule has 0 radical (unpaired) electrons. The second kappa shape index (κ2) is 7.09. The van der Waals surface area contributed by atoms with Crippen molar-refractivity contribution in [1.29, 1.82) is 0 Å². The first-order chi connectivity index (χ1) is 10.9.